The van der Waals surface area contributed by atoms with Gasteiger partial charge in [0.2, 0.25) is 5.91 Å². The molecule has 1 aromatic rings. The van der Waals surface area contributed by atoms with Crippen molar-refractivity contribution < 1.29 is 19.9 Å². The Morgan fingerprint density at radius 2 is 1.67 bits per heavy atom. The molecule has 0 aliphatic rings. The molecule has 0 saturated carbocycles. The minimum absolute atomic E-state index is 0.0805. The number of rotatable bonds is 16. The van der Waals surface area contributed by atoms with Gasteiger partial charge in [-0.1, -0.05) is 51.2 Å². The van der Waals surface area contributed by atoms with Crippen LogP contribution in [0.15, 0.2) is 36.4 Å². The van der Waals surface area contributed by atoms with Gasteiger partial charge >= 0.3 is 0 Å². The van der Waals surface area contributed by atoms with Crippen LogP contribution in [0.25, 0.3) is 0 Å². The lowest BCUT2D eigenvalue weighted by Gasteiger charge is -2.22. The lowest BCUT2D eigenvalue weighted by atomic mass is 10.0. The molecule has 1 aromatic carbocycles. The molecule has 7 nitrogen and oxygen atoms in total. The number of benzene rings is 1. The van der Waals surface area contributed by atoms with Gasteiger partial charge < -0.3 is 15.5 Å². The molecule has 30 heavy (non-hydrogen) atoms. The van der Waals surface area contributed by atoms with E-state index in [0.29, 0.717) is 12.0 Å². The van der Waals surface area contributed by atoms with E-state index < -0.39 is 23.7 Å². The maximum absolute atomic E-state index is 12.1. The molecule has 0 saturated heterocycles. The van der Waals surface area contributed by atoms with Gasteiger partial charge in [-0.3, -0.25) is 14.9 Å². The minimum Gasteiger partial charge on any atom is -0.394 e. The van der Waals surface area contributed by atoms with Gasteiger partial charge in [0.25, 0.3) is 5.69 Å². The number of unbranched alkanes of at least 4 members (excludes halogenated alkanes) is 7. The number of nitro groups is 1. The Morgan fingerprint density at radius 1 is 1.07 bits per heavy atom. The van der Waals surface area contributed by atoms with Crippen LogP contribution in [0.4, 0.5) is 5.69 Å². The normalized spacial score (nSPS) is 13.3. The van der Waals surface area contributed by atoms with E-state index in [2.05, 4.69) is 24.4 Å². The fourth-order valence-electron chi connectivity index (χ4n) is 3.16. The van der Waals surface area contributed by atoms with Gasteiger partial charge in [-0.05, 0) is 43.4 Å². The molecule has 0 fully saturated rings. The molecule has 0 spiro atoms. The highest BCUT2D eigenvalue weighted by atomic mass is 16.6. The summed E-state index contributed by atoms with van der Waals surface area (Å²) in [5.74, 6) is -0.214. The van der Waals surface area contributed by atoms with Gasteiger partial charge in [-0.25, -0.2) is 0 Å². The maximum Gasteiger partial charge on any atom is 0.269 e. The monoisotopic (exact) mass is 420 g/mol. The number of amides is 1. The molecule has 0 bridgehead atoms. The standard InChI is InChI=1S/C23H36N2O5/c1-2-3-4-5-6-7-8-9-10-11-12-13-22(27)24-21(18-26)23(28)19-14-16-20(17-15-19)25(29)30/h5-6,14-17,21,23,26,28H,2-4,7-13,18H2,1H3,(H,24,27)/b6-5+/t21-,23+/m1/s1. The number of nitro benzene ring substituents is 1. The van der Waals surface area contributed by atoms with Crippen LogP contribution in [0, 0.1) is 10.1 Å². The van der Waals surface area contributed by atoms with Crippen LogP contribution in [0.5, 0.6) is 0 Å². The first kappa shape index (κ1) is 25.8. The number of aliphatic hydroxyl groups is 2. The second kappa shape index (κ2) is 15.6. The van der Waals surface area contributed by atoms with Crippen molar-refractivity contribution in [2.24, 2.45) is 0 Å². The molecule has 2 atom stereocenters. The van der Waals surface area contributed by atoms with E-state index in [4.69, 9.17) is 0 Å². The Morgan fingerprint density at radius 3 is 2.27 bits per heavy atom. The number of hydrogen-bond donors (Lipinski definition) is 3. The molecule has 0 aliphatic heterocycles. The lowest BCUT2D eigenvalue weighted by Crippen LogP contribution is -2.41. The summed E-state index contributed by atoms with van der Waals surface area (Å²) in [6.07, 6.45) is 13.6. The first-order chi connectivity index (χ1) is 14.5. The smallest absolute Gasteiger partial charge is 0.269 e. The molecule has 7 heteroatoms. The van der Waals surface area contributed by atoms with Crippen molar-refractivity contribution in [3.63, 3.8) is 0 Å². The molecule has 0 unspecified atom stereocenters. The van der Waals surface area contributed by atoms with Crippen LogP contribution < -0.4 is 5.32 Å². The van der Waals surface area contributed by atoms with Gasteiger partial charge in [0.15, 0.2) is 0 Å². The largest absolute Gasteiger partial charge is 0.394 e. The molecule has 1 amide bonds. The van der Waals surface area contributed by atoms with Crippen LogP contribution in [0.3, 0.4) is 0 Å². The third kappa shape index (κ3) is 10.5. The summed E-state index contributed by atoms with van der Waals surface area (Å²) in [5, 5.41) is 33.3. The predicted molar refractivity (Wildman–Crippen MR) is 118 cm³/mol. The van der Waals surface area contributed by atoms with Gasteiger partial charge in [0.1, 0.15) is 6.10 Å². The van der Waals surface area contributed by atoms with Crippen molar-refractivity contribution >= 4 is 11.6 Å². The third-order valence-electron chi connectivity index (χ3n) is 5.04. The number of nitrogens with zero attached hydrogens (tertiary/aromatic N) is 1. The Hall–Kier alpha value is -2.25. The molecule has 0 aromatic heterocycles. The number of carbonyl (C=O) groups is 1. The maximum atomic E-state index is 12.1. The second-order valence-corrected chi connectivity index (χ2v) is 7.57. The number of non-ortho nitro benzene ring substituents is 1. The summed E-state index contributed by atoms with van der Waals surface area (Å²) in [6, 6.07) is 4.58. The lowest BCUT2D eigenvalue weighted by molar-refractivity contribution is -0.384. The molecule has 0 aliphatic carbocycles. The minimum atomic E-state index is -1.13. The van der Waals surface area contributed by atoms with Crippen LogP contribution >= 0.6 is 0 Å². The van der Waals surface area contributed by atoms with E-state index in [1.807, 2.05) is 0 Å². The summed E-state index contributed by atoms with van der Waals surface area (Å²) in [6.45, 7) is 1.77. The number of carbonyl (C=O) groups excluding carboxylic acids is 1. The topological polar surface area (TPSA) is 113 Å². The number of hydrogen-bond acceptors (Lipinski definition) is 5. The van der Waals surface area contributed by atoms with Crippen molar-refractivity contribution in [2.45, 2.75) is 83.3 Å². The van der Waals surface area contributed by atoms with Gasteiger partial charge in [-0.15, -0.1) is 0 Å². The number of aliphatic hydroxyl groups excluding tert-OH is 2. The fraction of sp³-hybridized carbons (Fsp3) is 0.609. The van der Waals surface area contributed by atoms with Crippen molar-refractivity contribution in [2.75, 3.05) is 6.61 Å². The number of allylic oxidation sites excluding steroid dienone is 2. The summed E-state index contributed by atoms with van der Waals surface area (Å²) in [5.41, 5.74) is 0.326. The van der Waals surface area contributed by atoms with Crippen molar-refractivity contribution in [1.82, 2.24) is 5.32 Å². The van der Waals surface area contributed by atoms with Crippen molar-refractivity contribution in [3.05, 3.63) is 52.1 Å². The van der Waals surface area contributed by atoms with Crippen LogP contribution in [-0.2, 0) is 4.79 Å². The molecular weight excluding hydrogens is 384 g/mol. The van der Waals surface area contributed by atoms with Crippen molar-refractivity contribution in [1.29, 1.82) is 0 Å². The molecule has 3 N–H and O–H groups in total. The summed E-state index contributed by atoms with van der Waals surface area (Å²) >= 11 is 0. The zero-order valence-electron chi connectivity index (χ0n) is 18.0. The van der Waals surface area contributed by atoms with Crippen LogP contribution in [-0.4, -0.2) is 33.7 Å². The zero-order chi connectivity index (χ0) is 22.2. The van der Waals surface area contributed by atoms with E-state index in [1.54, 1.807) is 0 Å². The Labute approximate surface area is 179 Å². The average molecular weight is 421 g/mol. The van der Waals surface area contributed by atoms with Crippen LogP contribution in [0.1, 0.15) is 82.8 Å². The van der Waals surface area contributed by atoms with E-state index in [-0.39, 0.29) is 11.6 Å². The summed E-state index contributed by atoms with van der Waals surface area (Å²) in [7, 11) is 0. The predicted octanol–water partition coefficient (Wildman–Crippen LogP) is 4.58. The quantitative estimate of drug-likeness (QED) is 0.157. The Kier molecular flexibility index (Phi) is 13.4. The summed E-state index contributed by atoms with van der Waals surface area (Å²) in [4.78, 5) is 22.3. The SMILES string of the molecule is CCCC/C=C/CCCCCCCC(=O)N[C@H](CO)[C@@H](O)c1ccc([N+](=O)[O-])cc1. The first-order valence-corrected chi connectivity index (χ1v) is 11.0. The first-order valence-electron chi connectivity index (χ1n) is 11.0. The van der Waals surface area contributed by atoms with Crippen LogP contribution in [0.2, 0.25) is 0 Å². The van der Waals surface area contributed by atoms with Crippen molar-refractivity contribution in [3.8, 4) is 0 Å². The van der Waals surface area contributed by atoms with E-state index in [9.17, 15) is 25.1 Å². The second-order valence-electron chi connectivity index (χ2n) is 7.57. The molecule has 0 heterocycles. The molecule has 0 radical (unpaired) electrons. The third-order valence-corrected chi connectivity index (χ3v) is 5.04. The van der Waals surface area contributed by atoms with Gasteiger partial charge in [-0.2, -0.15) is 0 Å². The molecule has 168 valence electrons. The van der Waals surface area contributed by atoms with Gasteiger partial charge in [0.05, 0.1) is 17.6 Å². The summed E-state index contributed by atoms with van der Waals surface area (Å²) < 4.78 is 0. The van der Waals surface area contributed by atoms with Gasteiger partial charge in [0, 0.05) is 18.6 Å². The van der Waals surface area contributed by atoms with E-state index in [1.165, 1.54) is 49.9 Å². The number of nitrogens with one attached hydrogen (secondary N) is 1. The Bertz CT molecular complexity index is 645. The highest BCUT2D eigenvalue weighted by Crippen LogP contribution is 2.20. The average Bonchev–Trinajstić information content (AvgIpc) is 2.75. The Balaban J connectivity index is 2.24. The fourth-order valence-corrected chi connectivity index (χ4v) is 3.16. The highest BCUT2D eigenvalue weighted by molar-refractivity contribution is 5.76. The zero-order valence-corrected chi connectivity index (χ0v) is 18.0. The van der Waals surface area contributed by atoms with E-state index >= 15 is 0 Å². The van der Waals surface area contributed by atoms with E-state index in [0.717, 1.165) is 32.1 Å². The highest BCUT2D eigenvalue weighted by Gasteiger charge is 2.22. The molecule has 1 rings (SSSR count). The molecular formula is C23H36N2O5.